The molecule has 0 saturated heterocycles. The van der Waals surface area contributed by atoms with E-state index in [0.717, 1.165) is 16.8 Å². The summed E-state index contributed by atoms with van der Waals surface area (Å²) in [4.78, 5) is 13.3. The van der Waals surface area contributed by atoms with E-state index in [1.165, 1.54) is 7.11 Å². The fourth-order valence-electron chi connectivity index (χ4n) is 2.54. The zero-order valence-corrected chi connectivity index (χ0v) is 16.9. The summed E-state index contributed by atoms with van der Waals surface area (Å²) in [6.07, 6.45) is 3.68. The number of aliphatic hydroxyl groups excluding tert-OH is 1. The topological polar surface area (TPSA) is 83.9 Å². The first-order valence-electron chi connectivity index (χ1n) is 8.85. The minimum absolute atomic E-state index is 0.104. The molecule has 2 aromatic carbocycles. The van der Waals surface area contributed by atoms with Crippen LogP contribution in [0.1, 0.15) is 17.5 Å². The number of methoxy groups -OCH3 is 1. The van der Waals surface area contributed by atoms with Gasteiger partial charge < -0.3 is 14.7 Å². The zero-order chi connectivity index (χ0) is 20.6. The summed E-state index contributed by atoms with van der Waals surface area (Å²) < 4.78 is 28.9. The summed E-state index contributed by atoms with van der Waals surface area (Å²) >= 11 is 0. The lowest BCUT2D eigenvalue weighted by atomic mass is 10.1. The van der Waals surface area contributed by atoms with Crippen LogP contribution in [0.3, 0.4) is 0 Å². The van der Waals surface area contributed by atoms with Gasteiger partial charge in [-0.25, -0.2) is 8.42 Å². The predicted molar refractivity (Wildman–Crippen MR) is 111 cm³/mol. The summed E-state index contributed by atoms with van der Waals surface area (Å²) in [5.74, 6) is -0.817. The SMILES string of the molecule is COC(=O)CCS(=O)(=O)c1ccc(C=Cc2ccc(N(C)CCO)cc2)cc1. The van der Waals surface area contributed by atoms with Crippen LogP contribution < -0.4 is 4.90 Å². The van der Waals surface area contributed by atoms with Gasteiger partial charge >= 0.3 is 5.97 Å². The number of ether oxygens (including phenoxy) is 1. The number of likely N-dealkylation sites (N-methyl/N-ethyl adjacent to an activating group) is 1. The Kier molecular flexibility index (Phi) is 7.78. The largest absolute Gasteiger partial charge is 0.469 e. The highest BCUT2D eigenvalue weighted by atomic mass is 32.2. The second-order valence-electron chi connectivity index (χ2n) is 6.28. The third-order valence-corrected chi connectivity index (χ3v) is 6.01. The van der Waals surface area contributed by atoms with E-state index in [-0.39, 0.29) is 23.7 Å². The molecule has 0 saturated carbocycles. The number of hydrogen-bond acceptors (Lipinski definition) is 6. The summed E-state index contributed by atoms with van der Waals surface area (Å²) in [6.45, 7) is 0.677. The van der Waals surface area contributed by atoms with Gasteiger partial charge in [0, 0.05) is 19.3 Å². The van der Waals surface area contributed by atoms with Crippen molar-refractivity contribution in [1.82, 2.24) is 0 Å². The molecule has 28 heavy (non-hydrogen) atoms. The van der Waals surface area contributed by atoms with Gasteiger partial charge in [-0.2, -0.15) is 0 Å². The lowest BCUT2D eigenvalue weighted by Crippen LogP contribution is -2.20. The zero-order valence-electron chi connectivity index (χ0n) is 16.0. The van der Waals surface area contributed by atoms with E-state index in [4.69, 9.17) is 5.11 Å². The molecule has 0 atom stereocenters. The Morgan fingerprint density at radius 2 is 1.57 bits per heavy atom. The van der Waals surface area contributed by atoms with Crippen molar-refractivity contribution in [3.63, 3.8) is 0 Å². The Hall–Kier alpha value is -2.64. The maximum atomic E-state index is 12.2. The van der Waals surface area contributed by atoms with Gasteiger partial charge in [-0.15, -0.1) is 0 Å². The van der Waals surface area contributed by atoms with Crippen LogP contribution >= 0.6 is 0 Å². The first-order chi connectivity index (χ1) is 13.4. The van der Waals surface area contributed by atoms with Gasteiger partial charge in [-0.05, 0) is 35.4 Å². The van der Waals surface area contributed by atoms with Crippen molar-refractivity contribution in [1.29, 1.82) is 0 Å². The standard InChI is InChI=1S/C21H25NO5S/c1-22(14-15-23)19-9-5-17(6-10-19)3-4-18-7-11-20(12-8-18)28(25,26)16-13-21(24)27-2/h3-12,23H,13-16H2,1-2H3. The van der Waals surface area contributed by atoms with Crippen molar-refractivity contribution in [2.75, 3.05) is 38.0 Å². The molecule has 0 spiro atoms. The van der Waals surface area contributed by atoms with Crippen LogP contribution in [-0.4, -0.2) is 52.6 Å². The van der Waals surface area contributed by atoms with Gasteiger partial charge in [0.05, 0.1) is 30.8 Å². The number of hydrogen-bond donors (Lipinski definition) is 1. The van der Waals surface area contributed by atoms with Crippen LogP contribution in [0.2, 0.25) is 0 Å². The van der Waals surface area contributed by atoms with E-state index < -0.39 is 15.8 Å². The van der Waals surface area contributed by atoms with Crippen molar-refractivity contribution in [3.8, 4) is 0 Å². The lowest BCUT2D eigenvalue weighted by molar-refractivity contribution is -0.140. The summed E-state index contributed by atoms with van der Waals surface area (Å²) in [5.41, 5.74) is 2.90. The molecule has 6 nitrogen and oxygen atoms in total. The number of carbonyl (C=O) groups is 1. The monoisotopic (exact) mass is 403 g/mol. The van der Waals surface area contributed by atoms with Crippen molar-refractivity contribution in [2.45, 2.75) is 11.3 Å². The number of esters is 1. The number of nitrogens with zero attached hydrogens (tertiary/aromatic N) is 1. The van der Waals surface area contributed by atoms with Gasteiger partial charge in [0.2, 0.25) is 0 Å². The van der Waals surface area contributed by atoms with Crippen LogP contribution in [0, 0.1) is 0 Å². The molecular weight excluding hydrogens is 378 g/mol. The van der Waals surface area contributed by atoms with Crippen molar-refractivity contribution >= 4 is 33.6 Å². The number of rotatable bonds is 9. The molecule has 0 amide bonds. The first kappa shape index (κ1) is 21.7. The first-order valence-corrected chi connectivity index (χ1v) is 10.5. The predicted octanol–water partition coefficient (Wildman–Crippen LogP) is 2.62. The van der Waals surface area contributed by atoms with Crippen LogP contribution in [0.15, 0.2) is 53.4 Å². The molecule has 0 aliphatic heterocycles. The Morgan fingerprint density at radius 3 is 2.07 bits per heavy atom. The van der Waals surface area contributed by atoms with Crippen LogP contribution in [0.4, 0.5) is 5.69 Å². The van der Waals surface area contributed by atoms with Crippen LogP contribution in [0.5, 0.6) is 0 Å². The van der Waals surface area contributed by atoms with Crippen LogP contribution in [-0.2, 0) is 19.4 Å². The molecule has 2 aromatic rings. The van der Waals surface area contributed by atoms with Crippen molar-refractivity contribution < 1.29 is 23.1 Å². The molecule has 0 aromatic heterocycles. The maximum absolute atomic E-state index is 12.2. The van der Waals surface area contributed by atoms with Gasteiger partial charge in [0.25, 0.3) is 0 Å². The molecule has 0 aliphatic rings. The molecule has 0 bridgehead atoms. The lowest BCUT2D eigenvalue weighted by Gasteiger charge is -2.17. The molecule has 0 heterocycles. The molecule has 7 heteroatoms. The van der Waals surface area contributed by atoms with Crippen molar-refractivity contribution in [2.24, 2.45) is 0 Å². The highest BCUT2D eigenvalue weighted by Gasteiger charge is 2.16. The van der Waals surface area contributed by atoms with E-state index in [0.29, 0.717) is 6.54 Å². The normalized spacial score (nSPS) is 11.5. The number of aliphatic hydroxyl groups is 1. The Morgan fingerprint density at radius 1 is 1.04 bits per heavy atom. The molecule has 1 N–H and O–H groups in total. The molecule has 150 valence electrons. The van der Waals surface area contributed by atoms with E-state index in [2.05, 4.69) is 4.74 Å². The Balaban J connectivity index is 2.02. The average molecular weight is 404 g/mol. The number of sulfone groups is 1. The van der Waals surface area contributed by atoms with Gasteiger partial charge in [-0.1, -0.05) is 36.4 Å². The third kappa shape index (κ3) is 6.21. The summed E-state index contributed by atoms with van der Waals surface area (Å²) in [6, 6.07) is 14.4. The molecule has 0 aliphatic carbocycles. The van der Waals surface area contributed by atoms with Gasteiger partial charge in [0.15, 0.2) is 9.84 Å². The summed E-state index contributed by atoms with van der Waals surface area (Å²) in [7, 11) is -0.363. The molecule has 0 unspecified atom stereocenters. The Bertz CT molecular complexity index is 903. The van der Waals surface area contributed by atoms with E-state index >= 15 is 0 Å². The fourth-order valence-corrected chi connectivity index (χ4v) is 3.76. The molecule has 0 fully saturated rings. The summed E-state index contributed by atoms with van der Waals surface area (Å²) in [5, 5.41) is 8.99. The highest BCUT2D eigenvalue weighted by Crippen LogP contribution is 2.17. The second-order valence-corrected chi connectivity index (χ2v) is 8.39. The molecule has 2 rings (SSSR count). The average Bonchev–Trinajstić information content (AvgIpc) is 2.71. The fraction of sp³-hybridized carbons (Fsp3) is 0.286. The minimum atomic E-state index is -3.51. The molecular formula is C21H25NO5S. The highest BCUT2D eigenvalue weighted by molar-refractivity contribution is 7.91. The van der Waals surface area contributed by atoms with Gasteiger partial charge in [0.1, 0.15) is 0 Å². The quantitative estimate of drug-likeness (QED) is 0.512. The minimum Gasteiger partial charge on any atom is -0.469 e. The maximum Gasteiger partial charge on any atom is 0.306 e. The third-order valence-electron chi connectivity index (χ3n) is 4.28. The second kappa shape index (κ2) is 10.1. The molecule has 0 radical (unpaired) electrons. The van der Waals surface area contributed by atoms with E-state index in [1.54, 1.807) is 24.3 Å². The van der Waals surface area contributed by atoms with E-state index in [9.17, 15) is 13.2 Å². The van der Waals surface area contributed by atoms with Gasteiger partial charge in [-0.3, -0.25) is 4.79 Å². The van der Waals surface area contributed by atoms with E-state index in [1.807, 2.05) is 48.4 Å². The smallest absolute Gasteiger partial charge is 0.306 e. The Labute approximate surface area is 166 Å². The van der Waals surface area contributed by atoms with Crippen molar-refractivity contribution in [3.05, 3.63) is 59.7 Å². The van der Waals surface area contributed by atoms with Crippen LogP contribution in [0.25, 0.3) is 12.2 Å². The number of benzene rings is 2. The number of anilines is 1. The number of carbonyl (C=O) groups excluding carboxylic acids is 1.